The van der Waals surface area contributed by atoms with Crippen LogP contribution in [0.1, 0.15) is 6.92 Å². The Morgan fingerprint density at radius 2 is 2.14 bits per heavy atom. The molecule has 1 aromatic rings. The third-order valence-electron chi connectivity index (χ3n) is 1.61. The number of benzene rings is 1. The third kappa shape index (κ3) is 3.94. The molecule has 0 bridgehead atoms. The Bertz CT molecular complexity index is 306. The fraction of sp³-hybridized carbons (Fsp3) is 0.182. The maximum absolute atomic E-state index is 10.9. The molecule has 0 heterocycles. The molecule has 1 aromatic carbocycles. The lowest BCUT2D eigenvalue weighted by molar-refractivity contribution is -0.137. The van der Waals surface area contributed by atoms with Crippen LogP contribution in [0.2, 0.25) is 0 Å². The predicted molar refractivity (Wildman–Crippen MR) is 57.6 cm³/mol. The molecular formula is C11H12BO2. The van der Waals surface area contributed by atoms with E-state index in [1.807, 2.05) is 37.6 Å². The predicted octanol–water partition coefficient (Wildman–Crippen LogP) is 1.09. The molecule has 0 N–H and O–H groups in total. The number of rotatable bonds is 4. The molecule has 0 aromatic heterocycles. The molecule has 14 heavy (non-hydrogen) atoms. The van der Waals surface area contributed by atoms with Gasteiger partial charge >= 0.3 is 5.97 Å². The van der Waals surface area contributed by atoms with Crippen LogP contribution in [0.4, 0.5) is 0 Å². The van der Waals surface area contributed by atoms with Crippen molar-refractivity contribution in [3.8, 4) is 0 Å². The lowest BCUT2D eigenvalue weighted by atomic mass is 9.70. The van der Waals surface area contributed by atoms with Gasteiger partial charge in [0, 0.05) is 6.08 Å². The first kappa shape index (κ1) is 10.6. The van der Waals surface area contributed by atoms with Crippen molar-refractivity contribution in [2.75, 3.05) is 6.61 Å². The minimum Gasteiger partial charge on any atom is -0.463 e. The Hall–Kier alpha value is -1.51. The maximum Gasteiger partial charge on any atom is 0.329 e. The van der Waals surface area contributed by atoms with E-state index in [9.17, 15) is 4.79 Å². The zero-order valence-electron chi connectivity index (χ0n) is 8.14. The van der Waals surface area contributed by atoms with Gasteiger partial charge < -0.3 is 4.74 Å². The zero-order valence-corrected chi connectivity index (χ0v) is 8.14. The Balaban J connectivity index is 2.37. The number of esters is 1. The summed E-state index contributed by atoms with van der Waals surface area (Å²) in [6, 6.07) is 9.78. The number of carbonyl (C=O) groups is 1. The van der Waals surface area contributed by atoms with Crippen LogP contribution >= 0.6 is 0 Å². The minimum absolute atomic E-state index is 0.306. The van der Waals surface area contributed by atoms with Gasteiger partial charge in [-0.2, -0.15) is 0 Å². The molecule has 0 saturated heterocycles. The topological polar surface area (TPSA) is 26.3 Å². The van der Waals surface area contributed by atoms with Crippen molar-refractivity contribution < 1.29 is 9.53 Å². The number of hydrogen-bond acceptors (Lipinski definition) is 2. The van der Waals surface area contributed by atoms with Gasteiger partial charge in [-0.05, 0) is 6.92 Å². The molecule has 71 valence electrons. The second-order valence-electron chi connectivity index (χ2n) is 2.69. The van der Waals surface area contributed by atoms with Gasteiger partial charge in [0.25, 0.3) is 0 Å². The maximum atomic E-state index is 10.9. The van der Waals surface area contributed by atoms with Crippen LogP contribution in [0.3, 0.4) is 0 Å². The van der Waals surface area contributed by atoms with Crippen molar-refractivity contribution in [3.63, 3.8) is 0 Å². The quantitative estimate of drug-likeness (QED) is 0.400. The largest absolute Gasteiger partial charge is 0.463 e. The Labute approximate surface area is 84.8 Å². The molecule has 3 heteroatoms. The summed E-state index contributed by atoms with van der Waals surface area (Å²) in [5.74, 6) is 1.38. The van der Waals surface area contributed by atoms with Crippen LogP contribution in [-0.4, -0.2) is 19.9 Å². The molecule has 0 fully saturated rings. The van der Waals surface area contributed by atoms with Crippen molar-refractivity contribution >= 4 is 18.7 Å². The molecule has 0 amide bonds. The standard InChI is InChI=1S/C11H12BO2/c1-2-14-11(13)8-9-12-10-6-4-3-5-7-10/h3-9H,2H2,1H3. The summed E-state index contributed by atoms with van der Waals surface area (Å²) in [6.07, 6.45) is 1.41. The molecular weight excluding hydrogens is 175 g/mol. The van der Waals surface area contributed by atoms with Crippen LogP contribution in [-0.2, 0) is 9.53 Å². The van der Waals surface area contributed by atoms with Crippen molar-refractivity contribution in [1.29, 1.82) is 0 Å². The molecule has 0 spiro atoms. The fourth-order valence-electron chi connectivity index (χ4n) is 0.992. The van der Waals surface area contributed by atoms with E-state index in [0.29, 0.717) is 6.61 Å². The monoisotopic (exact) mass is 187 g/mol. The lowest BCUT2D eigenvalue weighted by Gasteiger charge is -1.94. The van der Waals surface area contributed by atoms with E-state index < -0.39 is 0 Å². The highest BCUT2D eigenvalue weighted by Gasteiger charge is 1.93. The van der Waals surface area contributed by atoms with Gasteiger partial charge in [0.2, 0.25) is 0 Å². The van der Waals surface area contributed by atoms with Gasteiger partial charge in [0.1, 0.15) is 0 Å². The zero-order chi connectivity index (χ0) is 10.2. The van der Waals surface area contributed by atoms with Crippen LogP contribution < -0.4 is 5.46 Å². The van der Waals surface area contributed by atoms with E-state index in [1.165, 1.54) is 6.08 Å². The smallest absolute Gasteiger partial charge is 0.329 e. The number of ether oxygens (including phenoxy) is 1. The molecule has 0 unspecified atom stereocenters. The second kappa shape index (κ2) is 6.03. The molecule has 1 rings (SSSR count). The van der Waals surface area contributed by atoms with Gasteiger partial charge in [-0.3, -0.25) is 0 Å². The van der Waals surface area contributed by atoms with Crippen molar-refractivity contribution in [3.05, 3.63) is 42.4 Å². The van der Waals surface area contributed by atoms with Crippen molar-refractivity contribution in [2.24, 2.45) is 0 Å². The summed E-state index contributed by atoms with van der Waals surface area (Å²) in [4.78, 5) is 10.9. The van der Waals surface area contributed by atoms with Gasteiger partial charge in [-0.25, -0.2) is 4.79 Å². The van der Waals surface area contributed by atoms with Gasteiger partial charge in [-0.15, -0.1) is 5.98 Å². The highest BCUT2D eigenvalue weighted by molar-refractivity contribution is 6.58. The Morgan fingerprint density at radius 1 is 1.43 bits per heavy atom. The normalized spacial score (nSPS) is 10.1. The van der Waals surface area contributed by atoms with E-state index in [2.05, 4.69) is 0 Å². The third-order valence-corrected chi connectivity index (χ3v) is 1.61. The van der Waals surface area contributed by atoms with Crippen LogP contribution in [0.5, 0.6) is 0 Å². The van der Waals surface area contributed by atoms with E-state index in [0.717, 1.165) is 5.46 Å². The summed E-state index contributed by atoms with van der Waals surface area (Å²) < 4.78 is 4.73. The summed E-state index contributed by atoms with van der Waals surface area (Å²) in [5.41, 5.74) is 1.06. The molecule has 1 radical (unpaired) electrons. The molecule has 0 aliphatic heterocycles. The number of hydrogen-bond donors (Lipinski definition) is 0. The summed E-state index contributed by atoms with van der Waals surface area (Å²) in [5, 5.41) is 0. The second-order valence-corrected chi connectivity index (χ2v) is 2.69. The SMILES string of the molecule is CCOC(=O)C=C[B]c1ccccc1. The van der Waals surface area contributed by atoms with E-state index in [1.54, 1.807) is 12.9 Å². The summed E-state index contributed by atoms with van der Waals surface area (Å²) in [6.45, 7) is 2.20. The van der Waals surface area contributed by atoms with Gasteiger partial charge in [-0.1, -0.05) is 35.8 Å². The van der Waals surface area contributed by atoms with Gasteiger partial charge in [0.05, 0.1) is 6.61 Å². The Kier molecular flexibility index (Phi) is 4.55. The number of carbonyl (C=O) groups excluding carboxylic acids is 1. The highest BCUT2D eigenvalue weighted by Crippen LogP contribution is 1.83. The molecule has 0 atom stereocenters. The van der Waals surface area contributed by atoms with Crippen molar-refractivity contribution in [2.45, 2.75) is 6.92 Å². The first-order chi connectivity index (χ1) is 6.83. The lowest BCUT2D eigenvalue weighted by Crippen LogP contribution is -2.11. The van der Waals surface area contributed by atoms with Crippen molar-refractivity contribution in [1.82, 2.24) is 0 Å². The van der Waals surface area contributed by atoms with Gasteiger partial charge in [0.15, 0.2) is 7.28 Å². The fourth-order valence-corrected chi connectivity index (χ4v) is 0.992. The highest BCUT2D eigenvalue weighted by atomic mass is 16.5. The first-order valence-corrected chi connectivity index (χ1v) is 4.56. The van der Waals surface area contributed by atoms with Crippen LogP contribution in [0.25, 0.3) is 0 Å². The molecule has 0 aliphatic rings. The molecule has 0 aliphatic carbocycles. The van der Waals surface area contributed by atoms with E-state index in [-0.39, 0.29) is 5.97 Å². The Morgan fingerprint density at radius 3 is 2.79 bits per heavy atom. The van der Waals surface area contributed by atoms with Crippen LogP contribution in [0.15, 0.2) is 42.4 Å². The average molecular weight is 187 g/mol. The minimum atomic E-state index is -0.306. The van der Waals surface area contributed by atoms with E-state index >= 15 is 0 Å². The van der Waals surface area contributed by atoms with Crippen LogP contribution in [0, 0.1) is 0 Å². The molecule has 0 saturated carbocycles. The average Bonchev–Trinajstić information content (AvgIpc) is 2.20. The first-order valence-electron chi connectivity index (χ1n) is 4.56. The van der Waals surface area contributed by atoms with E-state index in [4.69, 9.17) is 4.74 Å². The summed E-state index contributed by atoms with van der Waals surface area (Å²) in [7, 11) is 1.86. The summed E-state index contributed by atoms with van der Waals surface area (Å²) >= 11 is 0. The molecule has 2 nitrogen and oxygen atoms in total.